The van der Waals surface area contributed by atoms with Crippen LogP contribution in [0.5, 0.6) is 11.5 Å². The molecule has 4 rings (SSSR count). The molecule has 0 aliphatic carbocycles. The number of aromatic nitrogens is 2. The molecule has 2 aromatic heterocycles. The number of hydrogen-bond acceptors (Lipinski definition) is 7. The van der Waals surface area contributed by atoms with Gasteiger partial charge in [-0.1, -0.05) is 0 Å². The fourth-order valence-electron chi connectivity index (χ4n) is 3.27. The number of ether oxygens (including phenoxy) is 3. The first-order valence-corrected chi connectivity index (χ1v) is 11.1. The first-order valence-electron chi connectivity index (χ1n) is 10.2. The van der Waals surface area contributed by atoms with Gasteiger partial charge >= 0.3 is 0 Å². The van der Waals surface area contributed by atoms with E-state index in [0.717, 1.165) is 61.3 Å². The summed E-state index contributed by atoms with van der Waals surface area (Å²) in [6.07, 6.45) is 0.958. The third-order valence-corrected chi connectivity index (χ3v) is 5.95. The molecule has 2 N–H and O–H groups in total. The van der Waals surface area contributed by atoms with Crippen LogP contribution >= 0.6 is 11.3 Å². The van der Waals surface area contributed by atoms with Crippen molar-refractivity contribution in [1.29, 1.82) is 0 Å². The molecular weight excluding hydrogens is 416 g/mol. The summed E-state index contributed by atoms with van der Waals surface area (Å²) in [6, 6.07) is 10.9. The number of methoxy groups -OCH3 is 1. The number of benzene rings is 1. The average molecular weight is 443 g/mol. The summed E-state index contributed by atoms with van der Waals surface area (Å²) in [5, 5.41) is 11.8. The minimum Gasteiger partial charge on any atom is -0.496 e. The Morgan fingerprint density at radius 1 is 1.23 bits per heavy atom. The highest BCUT2D eigenvalue weighted by Gasteiger charge is 2.12. The highest BCUT2D eigenvalue weighted by molar-refractivity contribution is 7.13. The van der Waals surface area contributed by atoms with Crippen molar-refractivity contribution in [3.63, 3.8) is 0 Å². The lowest BCUT2D eigenvalue weighted by Gasteiger charge is -2.26. The van der Waals surface area contributed by atoms with Gasteiger partial charge in [0.05, 0.1) is 37.5 Å². The molecule has 1 aromatic carbocycles. The predicted molar refractivity (Wildman–Crippen MR) is 120 cm³/mol. The van der Waals surface area contributed by atoms with Crippen molar-refractivity contribution >= 4 is 23.1 Å². The molecule has 9 heteroatoms. The molecule has 1 fully saturated rings. The van der Waals surface area contributed by atoms with E-state index >= 15 is 0 Å². The molecule has 0 atom stereocenters. The monoisotopic (exact) mass is 442 g/mol. The zero-order chi connectivity index (χ0) is 21.5. The number of nitrogens with one attached hydrogen (secondary N) is 2. The Morgan fingerprint density at radius 2 is 2.03 bits per heavy atom. The summed E-state index contributed by atoms with van der Waals surface area (Å²) in [6.45, 7) is 5.26. The molecule has 3 aromatic rings. The Balaban J connectivity index is 1.24. The molecule has 31 heavy (non-hydrogen) atoms. The molecule has 1 amide bonds. The van der Waals surface area contributed by atoms with Crippen molar-refractivity contribution in [2.75, 3.05) is 51.9 Å². The smallest absolute Gasteiger partial charge is 0.256 e. The van der Waals surface area contributed by atoms with Gasteiger partial charge < -0.3 is 19.5 Å². The number of carbonyl (C=O) groups excluding carboxylic acids is 1. The van der Waals surface area contributed by atoms with E-state index in [4.69, 9.17) is 14.2 Å². The zero-order valence-electron chi connectivity index (χ0n) is 17.4. The summed E-state index contributed by atoms with van der Waals surface area (Å²) in [5.41, 5.74) is 1.37. The fraction of sp³-hybridized carbons (Fsp3) is 0.364. The van der Waals surface area contributed by atoms with E-state index < -0.39 is 0 Å². The number of H-pyrrole nitrogens is 1. The molecule has 0 bridgehead atoms. The summed E-state index contributed by atoms with van der Waals surface area (Å²) in [5.74, 6) is 1.80. The molecule has 0 saturated carbocycles. The van der Waals surface area contributed by atoms with Gasteiger partial charge in [0.2, 0.25) is 0 Å². The number of hydrogen-bond donors (Lipinski definition) is 2. The van der Waals surface area contributed by atoms with Crippen LogP contribution < -0.4 is 14.8 Å². The number of thiophene rings is 1. The van der Waals surface area contributed by atoms with Crippen molar-refractivity contribution in [3.8, 4) is 22.1 Å². The number of carbonyl (C=O) groups is 1. The van der Waals surface area contributed by atoms with Crippen molar-refractivity contribution in [2.45, 2.75) is 6.42 Å². The molecule has 0 radical (unpaired) electrons. The second-order valence-corrected chi connectivity index (χ2v) is 8.06. The zero-order valence-corrected chi connectivity index (χ0v) is 18.2. The van der Waals surface area contributed by atoms with E-state index in [9.17, 15) is 4.79 Å². The van der Waals surface area contributed by atoms with Crippen molar-refractivity contribution in [2.24, 2.45) is 0 Å². The summed E-state index contributed by atoms with van der Waals surface area (Å²) in [7, 11) is 1.63. The minimum atomic E-state index is -0.222. The maximum Gasteiger partial charge on any atom is 0.256 e. The van der Waals surface area contributed by atoms with Gasteiger partial charge in [0, 0.05) is 42.7 Å². The number of anilines is 1. The van der Waals surface area contributed by atoms with Gasteiger partial charge in [-0.2, -0.15) is 5.10 Å². The molecule has 0 spiro atoms. The third kappa shape index (κ3) is 5.84. The lowest BCUT2D eigenvalue weighted by Crippen LogP contribution is -2.37. The van der Waals surface area contributed by atoms with Crippen molar-refractivity contribution < 1.29 is 19.0 Å². The lowest BCUT2D eigenvalue weighted by atomic mass is 10.2. The Labute approximate surface area is 185 Å². The second kappa shape index (κ2) is 10.4. The highest BCUT2D eigenvalue weighted by atomic mass is 32.1. The molecule has 0 unspecified atom stereocenters. The van der Waals surface area contributed by atoms with Crippen molar-refractivity contribution in [1.82, 2.24) is 15.1 Å². The molecule has 1 aliphatic rings. The van der Waals surface area contributed by atoms with Gasteiger partial charge in [-0.3, -0.25) is 14.8 Å². The van der Waals surface area contributed by atoms with E-state index in [1.807, 2.05) is 23.6 Å². The van der Waals surface area contributed by atoms with Gasteiger partial charge in [-0.25, -0.2) is 0 Å². The number of amides is 1. The van der Waals surface area contributed by atoms with Gasteiger partial charge in [0.15, 0.2) is 5.82 Å². The SMILES string of the molecule is COc1csc(-c2cc(NC(=O)c3ccc(OCCCN4CCOCC4)cc3)n[nH]2)c1. The lowest BCUT2D eigenvalue weighted by molar-refractivity contribution is 0.0358. The molecule has 3 heterocycles. The Bertz CT molecular complexity index is 980. The highest BCUT2D eigenvalue weighted by Crippen LogP contribution is 2.30. The summed E-state index contributed by atoms with van der Waals surface area (Å²) < 4.78 is 16.4. The van der Waals surface area contributed by atoms with Crippen LogP contribution in [-0.2, 0) is 4.74 Å². The first-order chi connectivity index (χ1) is 15.2. The largest absolute Gasteiger partial charge is 0.496 e. The molecular formula is C22H26N4O4S. The van der Waals surface area contributed by atoms with Gasteiger partial charge in [0.1, 0.15) is 11.5 Å². The van der Waals surface area contributed by atoms with Crippen LogP contribution in [0.25, 0.3) is 10.6 Å². The number of aromatic amines is 1. The molecule has 1 aliphatic heterocycles. The fourth-order valence-corrected chi connectivity index (χ4v) is 4.10. The Hall–Kier alpha value is -2.88. The van der Waals surface area contributed by atoms with E-state index in [1.54, 1.807) is 36.6 Å². The van der Waals surface area contributed by atoms with E-state index in [2.05, 4.69) is 20.4 Å². The molecule has 164 valence electrons. The molecule has 1 saturated heterocycles. The van der Waals surface area contributed by atoms with Gasteiger partial charge in [0.25, 0.3) is 5.91 Å². The second-order valence-electron chi connectivity index (χ2n) is 7.15. The van der Waals surface area contributed by atoms with Gasteiger partial charge in [-0.05, 0) is 30.7 Å². The maximum atomic E-state index is 12.5. The van der Waals surface area contributed by atoms with Crippen LogP contribution in [0.1, 0.15) is 16.8 Å². The molecule has 8 nitrogen and oxygen atoms in total. The average Bonchev–Trinajstić information content (AvgIpc) is 3.47. The van der Waals surface area contributed by atoms with Crippen LogP contribution in [0.2, 0.25) is 0 Å². The van der Waals surface area contributed by atoms with E-state index in [-0.39, 0.29) is 5.91 Å². The number of nitrogens with zero attached hydrogens (tertiary/aromatic N) is 2. The number of rotatable bonds is 9. The van der Waals surface area contributed by atoms with Crippen LogP contribution in [0.4, 0.5) is 5.82 Å². The van der Waals surface area contributed by atoms with Crippen LogP contribution in [0.3, 0.4) is 0 Å². The van der Waals surface area contributed by atoms with Gasteiger partial charge in [-0.15, -0.1) is 11.3 Å². The topological polar surface area (TPSA) is 88.7 Å². The van der Waals surface area contributed by atoms with E-state index in [0.29, 0.717) is 18.0 Å². The standard InChI is InChI=1S/C22H26N4O4S/c1-28-18-13-20(31-15-18)19-14-21(25-24-19)23-22(27)16-3-5-17(6-4-16)30-10-2-7-26-8-11-29-12-9-26/h3-6,13-15H,2,7-12H2,1H3,(H2,23,24,25,27). The predicted octanol–water partition coefficient (Wildman–Crippen LogP) is 3.50. The van der Waals surface area contributed by atoms with E-state index in [1.165, 1.54) is 0 Å². The van der Waals surface area contributed by atoms with Crippen molar-refractivity contribution in [3.05, 3.63) is 47.3 Å². The number of morpholine rings is 1. The summed E-state index contributed by atoms with van der Waals surface area (Å²) >= 11 is 1.54. The normalized spacial score (nSPS) is 14.4. The first kappa shape index (κ1) is 21.4. The van der Waals surface area contributed by atoms with Crippen LogP contribution in [-0.4, -0.2) is 67.6 Å². The van der Waals surface area contributed by atoms with Crippen LogP contribution in [0.15, 0.2) is 41.8 Å². The van der Waals surface area contributed by atoms with Crippen LogP contribution in [0, 0.1) is 0 Å². The Kier molecular flexibility index (Phi) is 7.18. The quantitative estimate of drug-likeness (QED) is 0.493. The summed E-state index contributed by atoms with van der Waals surface area (Å²) in [4.78, 5) is 15.9. The Morgan fingerprint density at radius 3 is 2.77 bits per heavy atom. The minimum absolute atomic E-state index is 0.222. The maximum absolute atomic E-state index is 12.5. The third-order valence-electron chi connectivity index (χ3n) is 5.00.